The molecule has 0 aliphatic heterocycles. The molecule has 68 heavy (non-hydrogen) atoms. The maximum atomic E-state index is 13.4. The average molecular weight is 938 g/mol. The number of benzene rings is 5. The van der Waals surface area contributed by atoms with E-state index < -0.39 is 41.9 Å². The van der Waals surface area contributed by atoms with Crippen LogP contribution in [0, 0.1) is 0 Å². The Kier molecular flexibility index (Phi) is 13.7. The molecule has 1 aliphatic rings. The first kappa shape index (κ1) is 45.9. The molecule has 1 aliphatic carbocycles. The van der Waals surface area contributed by atoms with Crippen molar-refractivity contribution in [2.75, 3.05) is 35.3 Å². The van der Waals surface area contributed by atoms with Gasteiger partial charge in [0.25, 0.3) is 11.8 Å². The Morgan fingerprint density at radius 2 is 1.54 bits per heavy atom. The van der Waals surface area contributed by atoms with Gasteiger partial charge in [0.1, 0.15) is 24.5 Å². The lowest BCUT2D eigenvalue weighted by molar-refractivity contribution is -0.139. The highest BCUT2D eigenvalue weighted by Gasteiger charge is 2.30. The van der Waals surface area contributed by atoms with E-state index in [2.05, 4.69) is 57.2 Å². The molecule has 0 radical (unpaired) electrons. The summed E-state index contributed by atoms with van der Waals surface area (Å²) in [5.74, 6) is -2.82. The van der Waals surface area contributed by atoms with E-state index in [0.717, 1.165) is 27.8 Å². The number of rotatable bonds is 17. The van der Waals surface area contributed by atoms with Crippen LogP contribution in [0.2, 0.25) is 5.02 Å². The summed E-state index contributed by atoms with van der Waals surface area (Å²) in [7, 11) is 0. The van der Waals surface area contributed by atoms with Crippen LogP contribution < -0.4 is 38.1 Å². The predicted octanol–water partition coefficient (Wildman–Crippen LogP) is 5.50. The number of aliphatic carboxylic acids is 1. The minimum atomic E-state index is -1.25. The van der Waals surface area contributed by atoms with Gasteiger partial charge in [-0.25, -0.2) is 14.6 Å². The number of aromatic nitrogens is 6. The first-order chi connectivity index (χ1) is 32.8. The summed E-state index contributed by atoms with van der Waals surface area (Å²) in [4.78, 5) is 72.9. The van der Waals surface area contributed by atoms with E-state index in [1.807, 2.05) is 48.5 Å². The molecule has 2 aromatic heterocycles. The quantitative estimate of drug-likeness (QED) is 0.0510. The number of carbonyl (C=O) groups is 5. The number of nitrogens with two attached hydrogens (primary N) is 2. The van der Waals surface area contributed by atoms with Crippen molar-refractivity contribution in [3.05, 3.63) is 136 Å². The van der Waals surface area contributed by atoms with Crippen LogP contribution in [0.15, 0.2) is 103 Å². The van der Waals surface area contributed by atoms with Crippen LogP contribution in [0.4, 0.5) is 27.9 Å². The molecule has 346 valence electrons. The summed E-state index contributed by atoms with van der Waals surface area (Å²) in [5.41, 5.74) is 18.8. The van der Waals surface area contributed by atoms with Crippen LogP contribution in [0.25, 0.3) is 33.4 Å². The van der Waals surface area contributed by atoms with Gasteiger partial charge >= 0.3 is 12.1 Å². The highest BCUT2D eigenvalue weighted by Crippen LogP contribution is 2.44. The number of alkyl carbamates (subject to hydrolysis) is 1. The van der Waals surface area contributed by atoms with Crippen LogP contribution in [-0.4, -0.2) is 90.7 Å². The zero-order chi connectivity index (χ0) is 47.9. The lowest BCUT2D eigenvalue weighted by Crippen LogP contribution is -2.42. The minimum Gasteiger partial charge on any atom is -0.480 e. The molecule has 0 fully saturated rings. The fourth-order valence-electron chi connectivity index (χ4n) is 7.86. The number of fused-ring (bicyclic) bond motifs is 4. The van der Waals surface area contributed by atoms with Gasteiger partial charge in [-0.05, 0) is 101 Å². The summed E-state index contributed by atoms with van der Waals surface area (Å²) in [6, 6.07) is 28.1. The van der Waals surface area contributed by atoms with E-state index in [-0.39, 0.29) is 71.9 Å². The average Bonchev–Trinajstić information content (AvgIpc) is 3.98. The van der Waals surface area contributed by atoms with E-state index in [1.165, 1.54) is 25.1 Å². The third-order valence-electron chi connectivity index (χ3n) is 11.3. The third kappa shape index (κ3) is 10.2. The fraction of sp³-hybridized carbons (Fsp3) is 0.191. The van der Waals surface area contributed by atoms with E-state index >= 15 is 0 Å². The van der Waals surface area contributed by atoms with Crippen LogP contribution in [0.1, 0.15) is 63.1 Å². The molecule has 0 spiro atoms. The van der Waals surface area contributed by atoms with Gasteiger partial charge in [0.2, 0.25) is 17.7 Å². The van der Waals surface area contributed by atoms with Crippen LogP contribution in [0.5, 0.6) is 0 Å². The van der Waals surface area contributed by atoms with Crippen molar-refractivity contribution < 1.29 is 33.8 Å². The molecule has 21 heteroatoms. The summed E-state index contributed by atoms with van der Waals surface area (Å²) in [5, 5.41) is 38.5. The highest BCUT2D eigenvalue weighted by molar-refractivity contribution is 6.37. The zero-order valence-electron chi connectivity index (χ0n) is 36.2. The number of nitrogens with zero attached hydrogens (tertiary/aromatic N) is 5. The second-order valence-electron chi connectivity index (χ2n) is 15.8. The van der Waals surface area contributed by atoms with Gasteiger partial charge in [-0.15, -0.1) is 10.2 Å². The van der Waals surface area contributed by atoms with Gasteiger partial charge in [-0.3, -0.25) is 14.4 Å². The van der Waals surface area contributed by atoms with Crippen molar-refractivity contribution >= 4 is 75.4 Å². The van der Waals surface area contributed by atoms with Crippen molar-refractivity contribution in [3.8, 4) is 22.5 Å². The maximum Gasteiger partial charge on any atom is 0.407 e. The smallest absolute Gasteiger partial charge is 0.407 e. The first-order valence-corrected chi connectivity index (χ1v) is 21.7. The number of halogens is 1. The molecule has 5 aromatic carbocycles. The minimum absolute atomic E-state index is 0.000579. The molecule has 0 unspecified atom stereocenters. The Balaban J connectivity index is 0.808. The van der Waals surface area contributed by atoms with Crippen LogP contribution in [0.3, 0.4) is 0 Å². The number of ether oxygens (including phenoxy) is 1. The molecule has 4 amide bonds. The van der Waals surface area contributed by atoms with Crippen molar-refractivity contribution in [2.45, 2.75) is 44.3 Å². The van der Waals surface area contributed by atoms with Crippen molar-refractivity contribution in [3.63, 3.8) is 0 Å². The van der Waals surface area contributed by atoms with Gasteiger partial charge in [-0.1, -0.05) is 66.2 Å². The summed E-state index contributed by atoms with van der Waals surface area (Å²) in [6.07, 6.45) is -0.573. The van der Waals surface area contributed by atoms with Gasteiger partial charge in [0.05, 0.1) is 21.5 Å². The normalized spacial score (nSPS) is 12.6. The van der Waals surface area contributed by atoms with Crippen LogP contribution >= 0.6 is 11.6 Å². The number of hydrogen-bond acceptors (Lipinski definition) is 14. The Morgan fingerprint density at radius 3 is 2.24 bits per heavy atom. The number of tetrazole rings is 1. The van der Waals surface area contributed by atoms with E-state index in [9.17, 15) is 29.1 Å². The van der Waals surface area contributed by atoms with Crippen molar-refractivity contribution in [2.24, 2.45) is 0 Å². The first-order valence-electron chi connectivity index (χ1n) is 21.3. The van der Waals surface area contributed by atoms with E-state index in [0.29, 0.717) is 28.2 Å². The maximum absolute atomic E-state index is 13.4. The number of amides is 4. The molecule has 0 saturated heterocycles. The number of hydrogen-bond donors (Lipinski definition) is 9. The molecule has 7 aromatic rings. The molecule has 11 N–H and O–H groups in total. The Labute approximate surface area is 392 Å². The summed E-state index contributed by atoms with van der Waals surface area (Å²) in [6.45, 7) is 1.95. The molecule has 2 atom stereocenters. The summed E-state index contributed by atoms with van der Waals surface area (Å²) < 4.78 is 5.60. The molecule has 0 saturated carbocycles. The monoisotopic (exact) mass is 937 g/mol. The largest absolute Gasteiger partial charge is 0.480 e. The summed E-state index contributed by atoms with van der Waals surface area (Å²) >= 11 is 6.60. The molecule has 8 rings (SSSR count). The van der Waals surface area contributed by atoms with Crippen molar-refractivity contribution in [1.29, 1.82) is 0 Å². The van der Waals surface area contributed by atoms with Gasteiger partial charge in [0.15, 0.2) is 0 Å². The number of carboxylic acids is 1. The number of carbonyl (C=O) groups excluding carboxylic acids is 4. The molecular weight excluding hydrogens is 894 g/mol. The van der Waals surface area contributed by atoms with Gasteiger partial charge in [0, 0.05) is 41.5 Å². The van der Waals surface area contributed by atoms with E-state index in [1.54, 1.807) is 36.4 Å². The highest BCUT2D eigenvalue weighted by atomic mass is 35.5. The fourth-order valence-corrected chi connectivity index (χ4v) is 8.19. The lowest BCUT2D eigenvalue weighted by atomic mass is 9.98. The number of carboxylic acid groups (broad SMARTS) is 1. The van der Waals surface area contributed by atoms with Crippen molar-refractivity contribution in [1.82, 2.24) is 46.5 Å². The van der Waals surface area contributed by atoms with Gasteiger partial charge in [-0.2, -0.15) is 10.2 Å². The molecule has 20 nitrogen and oxygen atoms in total. The zero-order valence-corrected chi connectivity index (χ0v) is 37.0. The number of nitrogen functional groups attached to an aromatic ring is 2. The number of nitrogens with one attached hydrogen (secondary N) is 6. The second kappa shape index (κ2) is 20.3. The number of H-pyrrole nitrogens is 1. The molecule has 0 bridgehead atoms. The Bertz CT molecular complexity index is 3000. The van der Waals surface area contributed by atoms with Crippen LogP contribution in [-0.2, 0) is 20.9 Å². The van der Waals surface area contributed by atoms with Gasteiger partial charge < -0.3 is 47.9 Å². The SMILES string of the molecule is C[C@H](NC(=O)OCC1c2ccccc2-c2ccccc21)C(=O)Nc1ccc(C(=O)NCCC[C@H](NC(=O)c2ccc(NCc3ccc4nc(N)nc(N)c4c3Cl)cc2)C(=O)O)c(-c2nn[nH]n2)c1. The number of anilines is 4. The molecular formula is C47H44ClN13O7. The standard InChI is InChI=1S/C47H44ClN13O7/c1-24(53-47(67)68-23-35-31-9-4-2-7-29(31)30-8-3-5-10-32(30)35)42(62)54-28-17-18-33(34(21-28)41-58-60-61-59-41)44(64)51-20-6-11-37(45(65)66)55-43(63)25-12-15-27(16-13-25)52-22-26-14-19-36-38(39(26)48)40(49)57-46(50)56-36/h2-5,7-10,12-19,21,24,35,37,52H,6,11,20,22-23H2,1H3,(H,51,64)(H,53,67)(H,54,62)(H,55,63)(H,65,66)(H4,49,50,56,57)(H,58,59,60,61)/t24-,37-/m0/s1. The Morgan fingerprint density at radius 1 is 0.838 bits per heavy atom. The Hall–Kier alpha value is -8.65. The molecule has 2 heterocycles. The topological polar surface area (TPSA) is 307 Å². The third-order valence-corrected chi connectivity index (χ3v) is 11.7. The second-order valence-corrected chi connectivity index (χ2v) is 16.1. The number of aromatic amines is 1. The lowest BCUT2D eigenvalue weighted by Gasteiger charge is -2.17. The predicted molar refractivity (Wildman–Crippen MR) is 254 cm³/mol. The van der Waals surface area contributed by atoms with E-state index in [4.69, 9.17) is 27.8 Å².